The maximum Gasteiger partial charge on any atom is 0.342 e. The number of nitrogens with two attached hydrogens (primary N) is 1. The number of anilines is 3. The van der Waals surface area contributed by atoms with Gasteiger partial charge in [0.15, 0.2) is 23.9 Å². The third-order valence-corrected chi connectivity index (χ3v) is 4.11. The molecule has 0 aliphatic carbocycles. The fourth-order valence-electron chi connectivity index (χ4n) is 2.69. The van der Waals surface area contributed by atoms with E-state index in [1.54, 1.807) is 6.07 Å². The first kappa shape index (κ1) is 19.9. The number of aryl methyl sites for hydroxylation is 1. The smallest absolute Gasteiger partial charge is 0.342 e. The van der Waals surface area contributed by atoms with Gasteiger partial charge in [0.05, 0.1) is 7.11 Å². The van der Waals surface area contributed by atoms with Crippen LogP contribution in [0.15, 0.2) is 42.5 Å². The zero-order valence-corrected chi connectivity index (χ0v) is 16.0. The van der Waals surface area contributed by atoms with Gasteiger partial charge < -0.3 is 25.6 Å². The molecule has 3 rings (SSSR count). The fraction of sp³-hybridized carbons (Fsp3) is 0.200. The van der Waals surface area contributed by atoms with Crippen molar-refractivity contribution in [1.29, 1.82) is 0 Å². The van der Waals surface area contributed by atoms with E-state index in [1.165, 1.54) is 19.2 Å². The van der Waals surface area contributed by atoms with Crippen LogP contribution in [0.5, 0.6) is 11.5 Å². The number of aromatic hydroxyl groups is 1. The summed E-state index contributed by atoms with van der Waals surface area (Å²) in [6.45, 7) is 1.80. The molecule has 29 heavy (non-hydrogen) atoms. The molecule has 9 nitrogen and oxygen atoms in total. The second-order valence-corrected chi connectivity index (χ2v) is 6.00. The van der Waals surface area contributed by atoms with Gasteiger partial charge in [0.2, 0.25) is 11.9 Å². The van der Waals surface area contributed by atoms with Crippen molar-refractivity contribution < 1.29 is 19.4 Å². The molecule has 0 aliphatic rings. The molecule has 2 aromatic carbocycles. The molecule has 0 saturated heterocycles. The SMILES string of the molecule is CCc1ccccc1Nc1nc(N)nc(COC(=O)c2cccc(OC)c2O)n1. The molecule has 3 aromatic rings. The van der Waals surface area contributed by atoms with E-state index in [4.69, 9.17) is 15.2 Å². The maximum atomic E-state index is 12.3. The van der Waals surface area contributed by atoms with Crippen molar-refractivity contribution in [2.75, 3.05) is 18.2 Å². The number of carbonyl (C=O) groups is 1. The monoisotopic (exact) mass is 395 g/mol. The molecule has 0 unspecified atom stereocenters. The number of hydrogen-bond donors (Lipinski definition) is 3. The van der Waals surface area contributed by atoms with Crippen LogP contribution in [0.2, 0.25) is 0 Å². The second kappa shape index (κ2) is 8.87. The van der Waals surface area contributed by atoms with E-state index in [2.05, 4.69) is 20.3 Å². The number of esters is 1. The maximum absolute atomic E-state index is 12.3. The van der Waals surface area contributed by atoms with Gasteiger partial charge in [-0.2, -0.15) is 15.0 Å². The molecule has 4 N–H and O–H groups in total. The number of nitrogens with zero attached hydrogens (tertiary/aromatic N) is 3. The summed E-state index contributed by atoms with van der Waals surface area (Å²) in [7, 11) is 1.39. The first-order valence-corrected chi connectivity index (χ1v) is 8.90. The highest BCUT2D eigenvalue weighted by atomic mass is 16.5. The number of hydrogen-bond acceptors (Lipinski definition) is 9. The number of carbonyl (C=O) groups excluding carboxylic acids is 1. The van der Waals surface area contributed by atoms with Crippen LogP contribution in [0.4, 0.5) is 17.6 Å². The van der Waals surface area contributed by atoms with Crippen molar-refractivity contribution >= 4 is 23.6 Å². The summed E-state index contributed by atoms with van der Waals surface area (Å²) in [6.07, 6.45) is 0.832. The molecule has 9 heteroatoms. The number of aromatic nitrogens is 3. The van der Waals surface area contributed by atoms with Crippen LogP contribution in [-0.4, -0.2) is 33.1 Å². The van der Waals surface area contributed by atoms with Gasteiger partial charge in [0.1, 0.15) is 5.56 Å². The van der Waals surface area contributed by atoms with Crippen molar-refractivity contribution in [3.8, 4) is 11.5 Å². The Balaban J connectivity index is 1.74. The largest absolute Gasteiger partial charge is 0.504 e. The van der Waals surface area contributed by atoms with Crippen LogP contribution in [0.1, 0.15) is 28.7 Å². The Bertz CT molecular complexity index is 1030. The Labute approximate surface area is 167 Å². The summed E-state index contributed by atoms with van der Waals surface area (Å²) in [4.78, 5) is 24.6. The summed E-state index contributed by atoms with van der Waals surface area (Å²) in [5, 5.41) is 13.2. The van der Waals surface area contributed by atoms with Gasteiger partial charge in [0, 0.05) is 5.69 Å². The lowest BCUT2D eigenvalue weighted by molar-refractivity contribution is 0.0458. The Kier molecular flexibility index (Phi) is 6.08. The van der Waals surface area contributed by atoms with Gasteiger partial charge in [-0.05, 0) is 30.2 Å². The number of methoxy groups -OCH3 is 1. The molecule has 1 aromatic heterocycles. The molecule has 0 amide bonds. The molecule has 0 aliphatic heterocycles. The summed E-state index contributed by atoms with van der Waals surface area (Å²) >= 11 is 0. The van der Waals surface area contributed by atoms with E-state index in [0.717, 1.165) is 17.7 Å². The zero-order chi connectivity index (χ0) is 20.8. The number of nitrogen functional groups attached to an aromatic ring is 1. The lowest BCUT2D eigenvalue weighted by atomic mass is 10.1. The second-order valence-electron chi connectivity index (χ2n) is 6.00. The molecule has 0 spiro atoms. The van der Waals surface area contributed by atoms with E-state index in [0.29, 0.717) is 0 Å². The lowest BCUT2D eigenvalue weighted by Crippen LogP contribution is -2.11. The minimum atomic E-state index is -0.744. The summed E-state index contributed by atoms with van der Waals surface area (Å²) < 4.78 is 10.2. The average molecular weight is 395 g/mol. The number of phenolic OH excluding ortho intramolecular Hbond substituents is 1. The number of benzene rings is 2. The van der Waals surface area contributed by atoms with Gasteiger partial charge >= 0.3 is 5.97 Å². The first-order valence-electron chi connectivity index (χ1n) is 8.90. The van der Waals surface area contributed by atoms with Crippen LogP contribution in [0.3, 0.4) is 0 Å². The van der Waals surface area contributed by atoms with Crippen molar-refractivity contribution in [3.05, 3.63) is 59.4 Å². The topological polar surface area (TPSA) is 132 Å². The summed E-state index contributed by atoms with van der Waals surface area (Å²) in [5.74, 6) is -0.463. The average Bonchev–Trinajstić information content (AvgIpc) is 2.72. The number of rotatable bonds is 7. The van der Waals surface area contributed by atoms with Crippen LogP contribution >= 0.6 is 0 Å². The van der Waals surface area contributed by atoms with Crippen molar-refractivity contribution in [1.82, 2.24) is 15.0 Å². The van der Waals surface area contributed by atoms with E-state index in [9.17, 15) is 9.90 Å². The number of nitrogens with one attached hydrogen (secondary N) is 1. The Morgan fingerprint density at radius 1 is 1.14 bits per heavy atom. The quantitative estimate of drug-likeness (QED) is 0.516. The highest BCUT2D eigenvalue weighted by Gasteiger charge is 2.17. The molecule has 0 fully saturated rings. The van der Waals surface area contributed by atoms with Crippen molar-refractivity contribution in [2.24, 2.45) is 0 Å². The van der Waals surface area contributed by atoms with Gasteiger partial charge in [-0.1, -0.05) is 31.2 Å². The van der Waals surface area contributed by atoms with E-state index >= 15 is 0 Å². The number of phenols is 1. The molecule has 150 valence electrons. The predicted molar refractivity (Wildman–Crippen MR) is 107 cm³/mol. The van der Waals surface area contributed by atoms with Gasteiger partial charge in [-0.15, -0.1) is 0 Å². The normalized spacial score (nSPS) is 10.4. The van der Waals surface area contributed by atoms with E-state index in [-0.39, 0.29) is 41.4 Å². The van der Waals surface area contributed by atoms with Gasteiger partial charge in [-0.3, -0.25) is 0 Å². The van der Waals surface area contributed by atoms with Crippen molar-refractivity contribution in [3.63, 3.8) is 0 Å². The third-order valence-electron chi connectivity index (χ3n) is 4.11. The predicted octanol–water partition coefficient (Wildman–Crippen LogP) is 2.83. The standard InChI is InChI=1S/C20H21N5O4/c1-3-12-7-4-5-9-14(12)22-20-24-16(23-19(21)25-20)11-29-18(27)13-8-6-10-15(28-2)17(13)26/h4-10,26H,3,11H2,1-2H3,(H3,21,22,23,24,25). The Morgan fingerprint density at radius 3 is 2.69 bits per heavy atom. The van der Waals surface area contributed by atoms with Crippen LogP contribution in [-0.2, 0) is 17.8 Å². The van der Waals surface area contributed by atoms with Gasteiger partial charge in [0.25, 0.3) is 0 Å². The van der Waals surface area contributed by atoms with Crippen LogP contribution in [0, 0.1) is 0 Å². The highest BCUT2D eigenvalue weighted by Crippen LogP contribution is 2.30. The number of ether oxygens (including phenoxy) is 2. The third kappa shape index (κ3) is 4.70. The zero-order valence-electron chi connectivity index (χ0n) is 16.0. The molecular formula is C20H21N5O4. The van der Waals surface area contributed by atoms with Crippen LogP contribution in [0.25, 0.3) is 0 Å². The summed E-state index contributed by atoms with van der Waals surface area (Å²) in [6, 6.07) is 12.3. The molecule has 0 atom stereocenters. The molecule has 0 saturated carbocycles. The highest BCUT2D eigenvalue weighted by molar-refractivity contribution is 5.93. The minimum Gasteiger partial charge on any atom is -0.504 e. The fourth-order valence-corrected chi connectivity index (χ4v) is 2.69. The van der Waals surface area contributed by atoms with E-state index < -0.39 is 5.97 Å². The molecular weight excluding hydrogens is 374 g/mol. The van der Waals surface area contributed by atoms with Crippen LogP contribution < -0.4 is 15.8 Å². The Morgan fingerprint density at radius 2 is 1.93 bits per heavy atom. The molecule has 0 radical (unpaired) electrons. The summed E-state index contributed by atoms with van der Waals surface area (Å²) in [5.41, 5.74) is 7.68. The van der Waals surface area contributed by atoms with Gasteiger partial charge in [-0.25, -0.2) is 4.79 Å². The molecule has 1 heterocycles. The van der Waals surface area contributed by atoms with Crippen molar-refractivity contribution in [2.45, 2.75) is 20.0 Å². The van der Waals surface area contributed by atoms with E-state index in [1.807, 2.05) is 31.2 Å². The first-order chi connectivity index (χ1) is 14.0. The number of para-hydroxylation sites is 2. The minimum absolute atomic E-state index is 0.00763. The Hall–Kier alpha value is -3.88. The molecule has 0 bridgehead atoms. The lowest BCUT2D eigenvalue weighted by Gasteiger charge is -2.11.